The number of rotatable bonds is 1. The molecule has 1 fully saturated rings. The van der Waals surface area contributed by atoms with Gasteiger partial charge in [0, 0.05) is 24.8 Å². The fraction of sp³-hybridized carbons (Fsp3) is 0.625. The molecular weight excluding hydrogens is 319 g/mol. The van der Waals surface area contributed by atoms with Crippen molar-refractivity contribution in [3.8, 4) is 0 Å². The highest BCUT2D eigenvalue weighted by atomic mass is 79.9. The van der Waals surface area contributed by atoms with Crippen molar-refractivity contribution >= 4 is 21.6 Å². The Labute approximate surface area is 129 Å². The van der Waals surface area contributed by atoms with Crippen molar-refractivity contribution in [2.45, 2.75) is 40.2 Å². The van der Waals surface area contributed by atoms with E-state index in [1.54, 1.807) is 6.07 Å². The van der Waals surface area contributed by atoms with Crippen molar-refractivity contribution in [2.24, 2.45) is 5.41 Å². The van der Waals surface area contributed by atoms with Gasteiger partial charge in [-0.2, -0.15) is 0 Å². The Bertz CT molecular complexity index is 482. The molecule has 1 heterocycles. The number of aryl methyl sites for hydroxylation is 1. The average molecular weight is 343 g/mol. The van der Waals surface area contributed by atoms with Crippen LogP contribution in [0.15, 0.2) is 16.6 Å². The standard InChI is InChI=1S/C16H24BrFN2/c1-11-8-12(17)13(18)9-14(11)20-7-5-6-19-15(10-20)16(2,3)4/h8-9,15,19H,5-7,10H2,1-4H3. The van der Waals surface area contributed by atoms with Gasteiger partial charge in [-0.3, -0.25) is 0 Å². The van der Waals surface area contributed by atoms with Gasteiger partial charge in [0.05, 0.1) is 4.47 Å². The SMILES string of the molecule is Cc1cc(Br)c(F)cc1N1CCCNC(C(C)(C)C)C1. The molecule has 1 saturated heterocycles. The maximum Gasteiger partial charge on any atom is 0.139 e. The van der Waals surface area contributed by atoms with Gasteiger partial charge in [0.2, 0.25) is 0 Å². The van der Waals surface area contributed by atoms with E-state index in [9.17, 15) is 4.39 Å². The molecule has 1 N–H and O–H groups in total. The van der Waals surface area contributed by atoms with E-state index in [-0.39, 0.29) is 11.2 Å². The van der Waals surface area contributed by atoms with Crippen LogP contribution in [-0.4, -0.2) is 25.7 Å². The van der Waals surface area contributed by atoms with Crippen molar-refractivity contribution in [3.05, 3.63) is 28.0 Å². The highest BCUT2D eigenvalue weighted by Gasteiger charge is 2.28. The lowest BCUT2D eigenvalue weighted by atomic mass is 9.86. The molecule has 2 rings (SSSR count). The molecule has 4 heteroatoms. The molecule has 0 saturated carbocycles. The number of halogens is 2. The number of anilines is 1. The van der Waals surface area contributed by atoms with Crippen LogP contribution in [0, 0.1) is 18.2 Å². The van der Waals surface area contributed by atoms with Gasteiger partial charge in [-0.25, -0.2) is 4.39 Å². The van der Waals surface area contributed by atoms with Gasteiger partial charge in [-0.15, -0.1) is 0 Å². The average Bonchev–Trinajstić information content (AvgIpc) is 2.59. The molecule has 0 spiro atoms. The summed E-state index contributed by atoms with van der Waals surface area (Å²) in [5.41, 5.74) is 2.33. The van der Waals surface area contributed by atoms with Crippen LogP contribution in [0.3, 0.4) is 0 Å². The fourth-order valence-electron chi connectivity index (χ4n) is 2.70. The van der Waals surface area contributed by atoms with E-state index < -0.39 is 0 Å². The first-order chi connectivity index (χ1) is 9.29. The zero-order valence-corrected chi connectivity index (χ0v) is 14.3. The highest BCUT2D eigenvalue weighted by Crippen LogP contribution is 2.30. The van der Waals surface area contributed by atoms with Crippen LogP contribution in [-0.2, 0) is 0 Å². The van der Waals surface area contributed by atoms with Gasteiger partial charge in [0.15, 0.2) is 0 Å². The summed E-state index contributed by atoms with van der Waals surface area (Å²) in [4.78, 5) is 2.32. The zero-order chi connectivity index (χ0) is 14.9. The molecule has 0 aromatic heterocycles. The van der Waals surface area contributed by atoms with Gasteiger partial charge in [-0.05, 0) is 58.9 Å². The summed E-state index contributed by atoms with van der Waals surface area (Å²) in [5.74, 6) is -0.185. The first-order valence-electron chi connectivity index (χ1n) is 7.23. The molecule has 0 aliphatic carbocycles. The summed E-state index contributed by atoms with van der Waals surface area (Å²) in [5, 5.41) is 3.62. The largest absolute Gasteiger partial charge is 0.370 e. The Balaban J connectivity index is 2.29. The van der Waals surface area contributed by atoms with E-state index >= 15 is 0 Å². The van der Waals surface area contributed by atoms with E-state index in [4.69, 9.17) is 0 Å². The minimum absolute atomic E-state index is 0.185. The monoisotopic (exact) mass is 342 g/mol. The van der Waals surface area contributed by atoms with Gasteiger partial charge in [-0.1, -0.05) is 20.8 Å². The van der Waals surface area contributed by atoms with Crippen LogP contribution in [0.5, 0.6) is 0 Å². The van der Waals surface area contributed by atoms with Crippen molar-refractivity contribution in [1.82, 2.24) is 5.32 Å². The van der Waals surface area contributed by atoms with Crippen LogP contribution >= 0.6 is 15.9 Å². The van der Waals surface area contributed by atoms with Crippen molar-refractivity contribution in [3.63, 3.8) is 0 Å². The van der Waals surface area contributed by atoms with Crippen LogP contribution in [0.4, 0.5) is 10.1 Å². The topological polar surface area (TPSA) is 15.3 Å². The lowest BCUT2D eigenvalue weighted by Crippen LogP contribution is -2.46. The lowest BCUT2D eigenvalue weighted by molar-refractivity contribution is 0.280. The zero-order valence-electron chi connectivity index (χ0n) is 12.8. The van der Waals surface area contributed by atoms with Gasteiger partial charge >= 0.3 is 0 Å². The molecule has 1 unspecified atom stereocenters. The molecule has 1 aliphatic rings. The van der Waals surface area contributed by atoms with Gasteiger partial charge < -0.3 is 10.2 Å². The van der Waals surface area contributed by atoms with Crippen LogP contribution in [0.25, 0.3) is 0 Å². The van der Waals surface area contributed by atoms with Crippen molar-refractivity contribution in [2.75, 3.05) is 24.5 Å². The summed E-state index contributed by atoms with van der Waals surface area (Å²) in [7, 11) is 0. The molecular formula is C16H24BrFN2. The van der Waals surface area contributed by atoms with E-state index in [1.165, 1.54) is 0 Å². The number of hydrogen-bond donors (Lipinski definition) is 1. The smallest absolute Gasteiger partial charge is 0.139 e. The number of benzene rings is 1. The normalized spacial score (nSPS) is 20.9. The Morgan fingerprint density at radius 2 is 2.05 bits per heavy atom. The Morgan fingerprint density at radius 3 is 2.70 bits per heavy atom. The van der Waals surface area contributed by atoms with Crippen LogP contribution < -0.4 is 10.2 Å². The van der Waals surface area contributed by atoms with Gasteiger partial charge in [0.25, 0.3) is 0 Å². The summed E-state index contributed by atoms with van der Waals surface area (Å²) in [6.45, 7) is 11.7. The second kappa shape index (κ2) is 6.02. The first-order valence-corrected chi connectivity index (χ1v) is 8.02. The number of nitrogens with one attached hydrogen (secondary N) is 1. The molecule has 1 atom stereocenters. The van der Waals surface area contributed by atoms with E-state index in [2.05, 4.69) is 46.9 Å². The first kappa shape index (κ1) is 15.8. The Morgan fingerprint density at radius 1 is 1.35 bits per heavy atom. The predicted octanol–water partition coefficient (Wildman–Crippen LogP) is 4.11. The molecule has 1 aromatic carbocycles. The van der Waals surface area contributed by atoms with E-state index in [0.29, 0.717) is 10.5 Å². The summed E-state index contributed by atoms with van der Waals surface area (Å²) in [6, 6.07) is 3.94. The minimum Gasteiger partial charge on any atom is -0.370 e. The Kier molecular flexibility index (Phi) is 4.75. The third-order valence-electron chi connectivity index (χ3n) is 4.02. The van der Waals surface area contributed by atoms with Crippen LogP contribution in [0.1, 0.15) is 32.8 Å². The van der Waals surface area contributed by atoms with Crippen LogP contribution in [0.2, 0.25) is 0 Å². The number of nitrogens with zero attached hydrogens (tertiary/aromatic N) is 1. The number of hydrogen-bond acceptors (Lipinski definition) is 2. The fourth-order valence-corrected chi connectivity index (χ4v) is 3.16. The van der Waals surface area contributed by atoms with E-state index in [1.807, 2.05) is 13.0 Å². The third kappa shape index (κ3) is 3.53. The van der Waals surface area contributed by atoms with E-state index in [0.717, 1.165) is 37.3 Å². The second-order valence-electron chi connectivity index (χ2n) is 6.73. The molecule has 1 aromatic rings. The maximum absolute atomic E-state index is 13.9. The molecule has 0 radical (unpaired) electrons. The Hall–Kier alpha value is -0.610. The third-order valence-corrected chi connectivity index (χ3v) is 4.63. The summed E-state index contributed by atoms with van der Waals surface area (Å²) < 4.78 is 14.4. The molecule has 20 heavy (non-hydrogen) atoms. The quantitative estimate of drug-likeness (QED) is 0.826. The predicted molar refractivity (Wildman–Crippen MR) is 86.9 cm³/mol. The minimum atomic E-state index is -0.185. The molecule has 0 amide bonds. The van der Waals surface area contributed by atoms with Gasteiger partial charge in [0.1, 0.15) is 5.82 Å². The summed E-state index contributed by atoms with van der Waals surface area (Å²) >= 11 is 3.26. The summed E-state index contributed by atoms with van der Waals surface area (Å²) in [6.07, 6.45) is 1.09. The molecule has 0 bridgehead atoms. The maximum atomic E-state index is 13.9. The van der Waals surface area contributed by atoms with Crippen molar-refractivity contribution in [1.29, 1.82) is 0 Å². The molecule has 2 nitrogen and oxygen atoms in total. The molecule has 1 aliphatic heterocycles. The lowest BCUT2D eigenvalue weighted by Gasteiger charge is -2.35. The highest BCUT2D eigenvalue weighted by molar-refractivity contribution is 9.10. The van der Waals surface area contributed by atoms with Crippen molar-refractivity contribution < 1.29 is 4.39 Å². The second-order valence-corrected chi connectivity index (χ2v) is 7.58. The molecule has 112 valence electrons.